The topological polar surface area (TPSA) is 87.5 Å². The van der Waals surface area contributed by atoms with Crippen LogP contribution in [-0.4, -0.2) is 59.0 Å². The summed E-state index contributed by atoms with van der Waals surface area (Å²) in [6.07, 6.45) is -3.68. The number of aliphatic hydroxyl groups is 1. The maximum atomic E-state index is 14.1. The number of hydrogen-bond acceptors (Lipinski definition) is 5. The molecule has 1 atom stereocenters. The molecule has 0 aliphatic rings. The van der Waals surface area contributed by atoms with E-state index in [4.69, 9.17) is 0 Å². The number of aromatic nitrogens is 2. The van der Waals surface area contributed by atoms with Crippen LogP contribution in [0.3, 0.4) is 0 Å². The van der Waals surface area contributed by atoms with Crippen LogP contribution in [0.25, 0.3) is 16.6 Å². The van der Waals surface area contributed by atoms with E-state index in [1.807, 2.05) is 30.3 Å². The molecule has 0 saturated heterocycles. The average Bonchev–Trinajstić information content (AvgIpc) is 3.31. The largest absolute Gasteiger partial charge is 0.420 e. The van der Waals surface area contributed by atoms with Crippen molar-refractivity contribution in [2.45, 2.75) is 23.6 Å². The second-order valence-corrected chi connectivity index (χ2v) is 10.3. The van der Waals surface area contributed by atoms with Crippen LogP contribution in [0, 0.1) is 5.82 Å². The molecular formula is C25H24F4N4O3S. The van der Waals surface area contributed by atoms with Crippen molar-refractivity contribution in [2.24, 2.45) is 0 Å². The number of likely N-dealkylation sites (N-methyl/N-ethyl adjacent to an activating group) is 1. The molecule has 0 aliphatic heterocycles. The second-order valence-electron chi connectivity index (χ2n) is 8.40. The molecule has 0 radical (unpaired) electrons. The van der Waals surface area contributed by atoms with E-state index in [1.54, 1.807) is 22.9 Å². The van der Waals surface area contributed by atoms with Gasteiger partial charge in [-0.3, -0.25) is 0 Å². The van der Waals surface area contributed by atoms with Crippen LogP contribution >= 0.6 is 0 Å². The first-order chi connectivity index (χ1) is 17.5. The van der Waals surface area contributed by atoms with Gasteiger partial charge in [-0.05, 0) is 48.5 Å². The summed E-state index contributed by atoms with van der Waals surface area (Å²) in [6.45, 7) is -1.29. The highest BCUT2D eigenvalue weighted by Gasteiger charge is 2.55. The fourth-order valence-corrected chi connectivity index (χ4v) is 5.38. The third kappa shape index (κ3) is 5.31. The minimum atomic E-state index is -5.17. The summed E-state index contributed by atoms with van der Waals surface area (Å²) >= 11 is 0. The van der Waals surface area contributed by atoms with Crippen LogP contribution in [0.4, 0.5) is 23.2 Å². The minimum absolute atomic E-state index is 0.284. The van der Waals surface area contributed by atoms with Gasteiger partial charge in [0.25, 0.3) is 0 Å². The zero-order chi connectivity index (χ0) is 26.8. The second kappa shape index (κ2) is 10.1. The first-order valence-corrected chi connectivity index (χ1v) is 12.7. The number of benzene rings is 3. The van der Waals surface area contributed by atoms with Gasteiger partial charge in [-0.2, -0.15) is 22.6 Å². The van der Waals surface area contributed by atoms with Crippen molar-refractivity contribution in [1.29, 1.82) is 0 Å². The van der Waals surface area contributed by atoms with Crippen molar-refractivity contribution in [3.05, 3.63) is 84.8 Å². The van der Waals surface area contributed by atoms with Gasteiger partial charge >= 0.3 is 6.18 Å². The van der Waals surface area contributed by atoms with Gasteiger partial charge in [0.05, 0.1) is 35.4 Å². The molecule has 37 heavy (non-hydrogen) atoms. The van der Waals surface area contributed by atoms with Gasteiger partial charge in [0.1, 0.15) is 5.82 Å². The summed E-state index contributed by atoms with van der Waals surface area (Å²) in [4.78, 5) is -0.383. The number of rotatable bonds is 9. The molecule has 0 amide bonds. The Morgan fingerprint density at radius 3 is 2.30 bits per heavy atom. The highest BCUT2D eigenvalue weighted by molar-refractivity contribution is 7.89. The number of para-hydroxylation sites is 1. The molecule has 1 heterocycles. The summed E-state index contributed by atoms with van der Waals surface area (Å²) in [5, 5.41) is 18.2. The fourth-order valence-electron chi connectivity index (χ4n) is 3.88. The summed E-state index contributed by atoms with van der Waals surface area (Å²) in [7, 11) is -4.44. The lowest BCUT2D eigenvalue weighted by atomic mass is 10.0. The Morgan fingerprint density at radius 1 is 1.00 bits per heavy atom. The van der Waals surface area contributed by atoms with Crippen molar-refractivity contribution >= 4 is 26.6 Å². The zero-order valence-corrected chi connectivity index (χ0v) is 20.5. The molecule has 7 nitrogen and oxygen atoms in total. The third-order valence-corrected chi connectivity index (χ3v) is 7.89. The number of hydrogen-bond donors (Lipinski definition) is 2. The monoisotopic (exact) mass is 536 g/mol. The number of sulfonamides is 1. The Labute approximate surface area is 211 Å². The van der Waals surface area contributed by atoms with Gasteiger partial charge in [0.2, 0.25) is 10.0 Å². The number of nitrogens with zero attached hydrogens (tertiary/aromatic N) is 3. The average molecular weight is 537 g/mol. The van der Waals surface area contributed by atoms with Crippen LogP contribution in [0.5, 0.6) is 0 Å². The standard InChI is InChI=1S/C25H24F4N4O3S/c1-2-32(37(35,36)20-13-11-18(26)12-14-20)17-24(34,25(27,28)29)16-30-22-9-6-10-23-21(22)15-31-33(23)19-7-4-3-5-8-19/h3-15,30,34H,2,16-17H2,1H3. The first kappa shape index (κ1) is 26.6. The van der Waals surface area contributed by atoms with E-state index in [0.29, 0.717) is 15.2 Å². The van der Waals surface area contributed by atoms with Crippen LogP contribution in [0.2, 0.25) is 0 Å². The smallest absolute Gasteiger partial charge is 0.381 e. The van der Waals surface area contributed by atoms with Crippen molar-refractivity contribution in [3.8, 4) is 5.69 Å². The van der Waals surface area contributed by atoms with Gasteiger partial charge in [-0.15, -0.1) is 0 Å². The van der Waals surface area contributed by atoms with Crippen molar-refractivity contribution in [2.75, 3.05) is 25.0 Å². The predicted molar refractivity (Wildman–Crippen MR) is 131 cm³/mol. The normalized spacial score (nSPS) is 14.1. The van der Waals surface area contributed by atoms with Crippen LogP contribution in [-0.2, 0) is 10.0 Å². The fraction of sp³-hybridized carbons (Fsp3) is 0.240. The maximum absolute atomic E-state index is 14.1. The highest BCUT2D eigenvalue weighted by atomic mass is 32.2. The molecule has 4 rings (SSSR count). The third-order valence-electron chi connectivity index (χ3n) is 5.96. The van der Waals surface area contributed by atoms with E-state index in [1.165, 1.54) is 13.1 Å². The molecular weight excluding hydrogens is 512 g/mol. The molecule has 0 saturated carbocycles. The van der Waals surface area contributed by atoms with E-state index < -0.39 is 40.7 Å². The van der Waals surface area contributed by atoms with E-state index in [9.17, 15) is 31.1 Å². The number of fused-ring (bicyclic) bond motifs is 1. The summed E-state index contributed by atoms with van der Waals surface area (Å²) < 4.78 is 83.6. The first-order valence-electron chi connectivity index (χ1n) is 11.3. The molecule has 0 fully saturated rings. The summed E-state index contributed by atoms with van der Waals surface area (Å²) in [5.41, 5.74) is -1.77. The Bertz CT molecular complexity index is 1480. The van der Waals surface area contributed by atoms with E-state index in [-0.39, 0.29) is 17.1 Å². The van der Waals surface area contributed by atoms with Crippen molar-refractivity contribution in [1.82, 2.24) is 14.1 Å². The number of alkyl halides is 3. The van der Waals surface area contributed by atoms with Crippen LogP contribution in [0.15, 0.2) is 83.9 Å². The van der Waals surface area contributed by atoms with Gasteiger partial charge < -0.3 is 10.4 Å². The number of anilines is 1. The van der Waals surface area contributed by atoms with Gasteiger partial charge in [-0.25, -0.2) is 17.5 Å². The molecule has 0 spiro atoms. The maximum Gasteiger partial charge on any atom is 0.420 e. The zero-order valence-electron chi connectivity index (χ0n) is 19.7. The van der Waals surface area contributed by atoms with E-state index in [0.717, 1.165) is 30.0 Å². The number of halogens is 4. The molecule has 0 aliphatic carbocycles. The molecule has 0 bridgehead atoms. The Kier molecular flexibility index (Phi) is 7.27. The molecule has 4 aromatic rings. The molecule has 1 aromatic heterocycles. The summed E-state index contributed by atoms with van der Waals surface area (Å²) in [5.74, 6) is -0.692. The van der Waals surface area contributed by atoms with E-state index in [2.05, 4.69) is 10.4 Å². The molecule has 3 aromatic carbocycles. The van der Waals surface area contributed by atoms with Crippen molar-refractivity contribution < 1.29 is 31.1 Å². The lowest BCUT2D eigenvalue weighted by Crippen LogP contribution is -2.58. The molecule has 196 valence electrons. The molecule has 1 unspecified atom stereocenters. The van der Waals surface area contributed by atoms with Gasteiger partial charge in [0.15, 0.2) is 5.60 Å². The quantitative estimate of drug-likeness (QED) is 0.306. The summed E-state index contributed by atoms with van der Waals surface area (Å²) in [6, 6.07) is 17.8. The lowest BCUT2D eigenvalue weighted by molar-refractivity contribution is -0.255. The van der Waals surface area contributed by atoms with Gasteiger partial charge in [0, 0.05) is 17.6 Å². The predicted octanol–water partition coefficient (Wildman–Crippen LogP) is 4.58. The number of nitrogens with one attached hydrogen (secondary N) is 1. The Hall–Kier alpha value is -3.48. The minimum Gasteiger partial charge on any atom is -0.381 e. The van der Waals surface area contributed by atoms with Crippen LogP contribution in [0.1, 0.15) is 6.92 Å². The molecule has 2 N–H and O–H groups in total. The Balaban J connectivity index is 1.62. The lowest BCUT2D eigenvalue weighted by Gasteiger charge is -2.35. The Morgan fingerprint density at radius 2 is 1.68 bits per heavy atom. The van der Waals surface area contributed by atoms with Crippen molar-refractivity contribution in [3.63, 3.8) is 0 Å². The van der Waals surface area contributed by atoms with Crippen LogP contribution < -0.4 is 5.32 Å². The molecule has 12 heteroatoms. The highest BCUT2D eigenvalue weighted by Crippen LogP contribution is 2.34. The van der Waals surface area contributed by atoms with E-state index >= 15 is 0 Å². The SMILES string of the molecule is CCN(CC(O)(CNc1cccc2c1cnn2-c1ccccc1)C(F)(F)F)S(=O)(=O)c1ccc(F)cc1. The van der Waals surface area contributed by atoms with Gasteiger partial charge in [-0.1, -0.05) is 31.2 Å².